The Morgan fingerprint density at radius 1 is 1.00 bits per heavy atom. The van der Waals surface area contributed by atoms with E-state index in [1.54, 1.807) is 60.7 Å². The summed E-state index contributed by atoms with van der Waals surface area (Å²) in [5.41, 5.74) is 0.648. The van der Waals surface area contributed by atoms with Gasteiger partial charge in [0.1, 0.15) is 6.54 Å². The Bertz CT molecular complexity index is 1190. The van der Waals surface area contributed by atoms with Gasteiger partial charge in [0.25, 0.3) is 5.91 Å². The summed E-state index contributed by atoms with van der Waals surface area (Å²) in [6.07, 6.45) is -0.444. The quantitative estimate of drug-likeness (QED) is 0.556. The van der Waals surface area contributed by atoms with Crippen LogP contribution >= 0.6 is 11.6 Å². The molecule has 4 rings (SSSR count). The molecule has 7 heteroatoms. The number of carbonyl (C=O) groups is 3. The number of para-hydroxylation sites is 1. The number of carbonyl (C=O) groups excluding carboxylic acids is 3. The Balaban J connectivity index is 1.57. The number of halogens is 1. The minimum Gasteiger partial charge on any atom is -0.375 e. The zero-order chi connectivity index (χ0) is 22.9. The molecule has 0 spiro atoms. The molecule has 0 fully saturated rings. The molecule has 0 saturated heterocycles. The lowest BCUT2D eigenvalue weighted by Gasteiger charge is -2.22. The maximum Gasteiger partial charge on any atom is 0.264 e. The van der Waals surface area contributed by atoms with Gasteiger partial charge in [-0.25, -0.2) is 0 Å². The second-order valence-corrected chi connectivity index (χ2v) is 8.23. The van der Waals surface area contributed by atoms with Crippen molar-refractivity contribution in [3.05, 3.63) is 94.5 Å². The van der Waals surface area contributed by atoms with Gasteiger partial charge < -0.3 is 10.4 Å². The fourth-order valence-corrected chi connectivity index (χ4v) is 3.91. The van der Waals surface area contributed by atoms with Crippen molar-refractivity contribution in [2.75, 3.05) is 16.8 Å². The minimum atomic E-state index is -2.06. The van der Waals surface area contributed by atoms with Crippen molar-refractivity contribution >= 4 is 40.6 Å². The maximum atomic E-state index is 13.3. The van der Waals surface area contributed by atoms with Gasteiger partial charge in [-0.2, -0.15) is 0 Å². The number of ketones is 1. The first-order valence-electron chi connectivity index (χ1n) is 10.1. The Morgan fingerprint density at radius 3 is 2.34 bits per heavy atom. The van der Waals surface area contributed by atoms with E-state index in [1.807, 2.05) is 19.1 Å². The molecule has 3 aromatic carbocycles. The van der Waals surface area contributed by atoms with Gasteiger partial charge in [0, 0.05) is 21.8 Å². The molecule has 1 heterocycles. The zero-order valence-electron chi connectivity index (χ0n) is 17.3. The molecule has 1 aliphatic heterocycles. The normalized spacial score (nSPS) is 17.2. The standard InChI is InChI=1S/C25H21ClN2O4/c1-16-6-12-19(13-7-16)27-23(30)15-28-21-5-3-2-4-20(21)25(32,24(28)31)14-22(29)17-8-10-18(26)11-9-17/h2-13,32H,14-15H2,1H3,(H,27,30). The van der Waals surface area contributed by atoms with Crippen molar-refractivity contribution < 1.29 is 19.5 Å². The second-order valence-electron chi connectivity index (χ2n) is 7.79. The monoisotopic (exact) mass is 448 g/mol. The summed E-state index contributed by atoms with van der Waals surface area (Å²) in [5.74, 6) is -1.52. The molecule has 0 radical (unpaired) electrons. The van der Waals surface area contributed by atoms with Crippen LogP contribution in [0.25, 0.3) is 0 Å². The highest BCUT2D eigenvalue weighted by Crippen LogP contribution is 2.42. The number of aliphatic hydroxyl groups is 1. The maximum absolute atomic E-state index is 13.3. The fourth-order valence-electron chi connectivity index (χ4n) is 3.79. The number of nitrogens with zero attached hydrogens (tertiary/aromatic N) is 1. The number of aryl methyl sites for hydroxylation is 1. The number of rotatable bonds is 6. The minimum absolute atomic E-state index is 0.291. The van der Waals surface area contributed by atoms with Gasteiger partial charge in [0.05, 0.1) is 12.1 Å². The van der Waals surface area contributed by atoms with Gasteiger partial charge in [0.2, 0.25) is 5.91 Å². The molecular formula is C25H21ClN2O4. The summed E-state index contributed by atoms with van der Waals surface area (Å²) in [6, 6.07) is 20.2. The van der Waals surface area contributed by atoms with E-state index in [0.717, 1.165) is 5.56 Å². The van der Waals surface area contributed by atoms with Crippen molar-refractivity contribution in [1.82, 2.24) is 0 Å². The van der Waals surface area contributed by atoms with Crippen molar-refractivity contribution in [1.29, 1.82) is 0 Å². The molecular weight excluding hydrogens is 428 g/mol. The van der Waals surface area contributed by atoms with E-state index < -0.39 is 29.6 Å². The predicted molar refractivity (Wildman–Crippen MR) is 123 cm³/mol. The number of hydrogen-bond donors (Lipinski definition) is 2. The molecule has 0 aromatic heterocycles. The van der Waals surface area contributed by atoms with Gasteiger partial charge in [-0.1, -0.05) is 47.5 Å². The van der Waals surface area contributed by atoms with Crippen LogP contribution in [0.4, 0.5) is 11.4 Å². The number of nitrogens with one attached hydrogen (secondary N) is 1. The summed E-state index contributed by atoms with van der Waals surface area (Å²) in [7, 11) is 0. The first-order chi connectivity index (χ1) is 15.3. The molecule has 2 amide bonds. The first-order valence-corrected chi connectivity index (χ1v) is 10.4. The highest BCUT2D eigenvalue weighted by atomic mass is 35.5. The average molecular weight is 449 g/mol. The van der Waals surface area contributed by atoms with Gasteiger partial charge in [-0.3, -0.25) is 19.3 Å². The molecule has 0 aliphatic carbocycles. The average Bonchev–Trinajstić information content (AvgIpc) is 2.98. The van der Waals surface area contributed by atoms with Crippen LogP contribution in [-0.2, 0) is 15.2 Å². The third kappa shape index (κ3) is 4.15. The van der Waals surface area contributed by atoms with Crippen molar-refractivity contribution in [2.45, 2.75) is 18.9 Å². The fraction of sp³-hybridized carbons (Fsp3) is 0.160. The van der Waals surface area contributed by atoms with Gasteiger partial charge in [-0.05, 0) is 49.4 Å². The van der Waals surface area contributed by atoms with Gasteiger partial charge >= 0.3 is 0 Å². The number of anilines is 2. The van der Waals surface area contributed by atoms with Gasteiger partial charge in [0.15, 0.2) is 11.4 Å². The number of fused-ring (bicyclic) bond motifs is 1. The van der Waals surface area contributed by atoms with E-state index in [9.17, 15) is 19.5 Å². The molecule has 0 bridgehead atoms. The smallest absolute Gasteiger partial charge is 0.264 e. The summed E-state index contributed by atoms with van der Waals surface area (Å²) >= 11 is 5.88. The number of hydrogen-bond acceptors (Lipinski definition) is 4. The van der Waals surface area contributed by atoms with E-state index in [1.165, 1.54) is 4.90 Å². The molecule has 6 nitrogen and oxygen atoms in total. The zero-order valence-corrected chi connectivity index (χ0v) is 18.1. The Kier molecular flexibility index (Phi) is 5.82. The SMILES string of the molecule is Cc1ccc(NC(=O)CN2C(=O)C(O)(CC(=O)c3ccc(Cl)cc3)c3ccccc32)cc1. The third-order valence-electron chi connectivity index (χ3n) is 5.46. The first kappa shape index (κ1) is 21.7. The molecule has 32 heavy (non-hydrogen) atoms. The van der Waals surface area contributed by atoms with Crippen LogP contribution in [0.15, 0.2) is 72.8 Å². The topological polar surface area (TPSA) is 86.7 Å². The van der Waals surface area contributed by atoms with Crippen LogP contribution < -0.4 is 10.2 Å². The van der Waals surface area contributed by atoms with E-state index in [4.69, 9.17) is 11.6 Å². The summed E-state index contributed by atoms with van der Waals surface area (Å²) < 4.78 is 0. The van der Waals surface area contributed by atoms with Crippen LogP contribution in [0.2, 0.25) is 5.02 Å². The van der Waals surface area contributed by atoms with E-state index in [0.29, 0.717) is 27.5 Å². The lowest BCUT2D eigenvalue weighted by Crippen LogP contribution is -2.44. The molecule has 1 atom stereocenters. The molecule has 0 saturated carbocycles. The summed E-state index contributed by atoms with van der Waals surface area (Å²) in [5, 5.41) is 14.6. The highest BCUT2D eigenvalue weighted by Gasteiger charge is 2.51. The molecule has 162 valence electrons. The molecule has 1 aliphatic rings. The molecule has 3 aromatic rings. The van der Waals surface area contributed by atoms with Crippen LogP contribution in [0.5, 0.6) is 0 Å². The number of Topliss-reactive ketones (excluding diaryl/α,β-unsaturated/α-hetero) is 1. The molecule has 2 N–H and O–H groups in total. The Morgan fingerprint density at radius 2 is 1.66 bits per heavy atom. The third-order valence-corrected chi connectivity index (χ3v) is 5.71. The van der Waals surface area contributed by atoms with Crippen molar-refractivity contribution in [2.24, 2.45) is 0 Å². The van der Waals surface area contributed by atoms with E-state index in [2.05, 4.69) is 5.32 Å². The summed E-state index contributed by atoms with van der Waals surface area (Å²) in [4.78, 5) is 39.9. The van der Waals surface area contributed by atoms with Crippen LogP contribution in [0.3, 0.4) is 0 Å². The van der Waals surface area contributed by atoms with E-state index in [-0.39, 0.29) is 6.54 Å². The highest BCUT2D eigenvalue weighted by molar-refractivity contribution is 6.30. The second kappa shape index (κ2) is 8.57. The lowest BCUT2D eigenvalue weighted by atomic mass is 9.88. The largest absolute Gasteiger partial charge is 0.375 e. The van der Waals surface area contributed by atoms with Crippen molar-refractivity contribution in [3.63, 3.8) is 0 Å². The van der Waals surface area contributed by atoms with Crippen LogP contribution in [-0.4, -0.2) is 29.2 Å². The molecule has 1 unspecified atom stereocenters. The predicted octanol–water partition coefficient (Wildman–Crippen LogP) is 4.09. The van der Waals surface area contributed by atoms with E-state index >= 15 is 0 Å². The van der Waals surface area contributed by atoms with Gasteiger partial charge in [-0.15, -0.1) is 0 Å². The number of benzene rings is 3. The van der Waals surface area contributed by atoms with Crippen LogP contribution in [0.1, 0.15) is 27.9 Å². The number of amides is 2. The summed E-state index contributed by atoms with van der Waals surface area (Å²) in [6.45, 7) is 1.65. The Hall–Kier alpha value is -3.48. The van der Waals surface area contributed by atoms with Crippen molar-refractivity contribution in [3.8, 4) is 0 Å². The Labute approximate surface area is 190 Å². The lowest BCUT2D eigenvalue weighted by molar-refractivity contribution is -0.136. The van der Waals surface area contributed by atoms with Crippen LogP contribution in [0, 0.1) is 6.92 Å².